The number of aryl methyl sites for hydroxylation is 1. The van der Waals surface area contributed by atoms with Gasteiger partial charge in [-0.15, -0.1) is 0 Å². The second-order valence-corrected chi connectivity index (χ2v) is 8.89. The van der Waals surface area contributed by atoms with Gasteiger partial charge in [0.05, 0.1) is 23.8 Å². The van der Waals surface area contributed by atoms with Crippen LogP contribution in [0.2, 0.25) is 0 Å². The largest absolute Gasteiger partial charge is 0.350 e. The summed E-state index contributed by atoms with van der Waals surface area (Å²) in [6.07, 6.45) is 3.64. The average molecular weight is 431 g/mol. The number of thioether (sulfide) groups is 1. The molecule has 2 heterocycles. The van der Waals surface area contributed by atoms with Crippen molar-refractivity contribution in [3.8, 4) is 0 Å². The maximum Gasteiger partial charge on any atom is 0.251 e. The molecule has 0 fully saturated rings. The molecule has 0 atom stereocenters. The zero-order chi connectivity index (χ0) is 21.8. The van der Waals surface area contributed by atoms with Crippen LogP contribution in [0.15, 0.2) is 72.1 Å². The highest BCUT2D eigenvalue weighted by molar-refractivity contribution is 7.98. The molecule has 0 saturated heterocycles. The van der Waals surface area contributed by atoms with Crippen LogP contribution < -0.4 is 5.32 Å². The van der Waals surface area contributed by atoms with E-state index in [0.717, 1.165) is 27.5 Å². The van der Waals surface area contributed by atoms with Gasteiger partial charge in [0.15, 0.2) is 5.16 Å². The van der Waals surface area contributed by atoms with E-state index in [1.54, 1.807) is 18.0 Å². The fourth-order valence-corrected chi connectivity index (χ4v) is 4.30. The molecule has 1 N–H and O–H groups in total. The van der Waals surface area contributed by atoms with Gasteiger partial charge in [-0.1, -0.05) is 53.7 Å². The topological polar surface area (TPSA) is 59.8 Å². The standard InChI is InChI=1S/C25H26N4OS/c1-17(2)27-24(30)21-10-8-19(9-11-21)15-29-23-14-26-13-12-22(23)28-25(29)31-16-20-6-4-18(3)5-7-20/h4-14,17H,15-16H2,1-3H3,(H,27,30). The molecule has 0 unspecified atom stereocenters. The fourth-order valence-electron chi connectivity index (χ4n) is 3.33. The van der Waals surface area contributed by atoms with Crippen LogP contribution in [0.4, 0.5) is 0 Å². The minimum absolute atomic E-state index is 0.0480. The van der Waals surface area contributed by atoms with E-state index in [4.69, 9.17) is 4.98 Å². The maximum atomic E-state index is 12.2. The summed E-state index contributed by atoms with van der Waals surface area (Å²) in [5.74, 6) is 0.805. The van der Waals surface area contributed by atoms with Gasteiger partial charge < -0.3 is 9.88 Å². The van der Waals surface area contributed by atoms with Crippen molar-refractivity contribution < 1.29 is 4.79 Å². The number of hydrogen-bond acceptors (Lipinski definition) is 4. The molecule has 158 valence electrons. The van der Waals surface area contributed by atoms with Crippen LogP contribution in [0.1, 0.15) is 40.9 Å². The van der Waals surface area contributed by atoms with Crippen molar-refractivity contribution in [2.75, 3.05) is 0 Å². The SMILES string of the molecule is Cc1ccc(CSc2nc3ccncc3n2Cc2ccc(C(=O)NC(C)C)cc2)cc1. The first-order chi connectivity index (χ1) is 15.0. The van der Waals surface area contributed by atoms with Gasteiger partial charge in [-0.25, -0.2) is 4.98 Å². The lowest BCUT2D eigenvalue weighted by atomic mass is 10.1. The lowest BCUT2D eigenvalue weighted by Crippen LogP contribution is -2.29. The lowest BCUT2D eigenvalue weighted by Gasteiger charge is -2.11. The third-order valence-corrected chi connectivity index (χ3v) is 6.03. The molecule has 4 aromatic rings. The summed E-state index contributed by atoms with van der Waals surface area (Å²) in [5, 5.41) is 3.89. The highest BCUT2D eigenvalue weighted by Crippen LogP contribution is 2.27. The number of aromatic nitrogens is 3. The fraction of sp³-hybridized carbons (Fsp3) is 0.240. The Morgan fingerprint density at radius 1 is 1.03 bits per heavy atom. The second kappa shape index (κ2) is 9.35. The minimum atomic E-state index is -0.0480. The normalized spacial score (nSPS) is 11.2. The molecule has 0 saturated carbocycles. The highest BCUT2D eigenvalue weighted by Gasteiger charge is 2.13. The third kappa shape index (κ3) is 5.14. The Morgan fingerprint density at radius 3 is 2.45 bits per heavy atom. The van der Waals surface area contributed by atoms with Gasteiger partial charge in [-0.3, -0.25) is 9.78 Å². The van der Waals surface area contributed by atoms with Gasteiger partial charge in [-0.2, -0.15) is 0 Å². The number of rotatable bonds is 7. The van der Waals surface area contributed by atoms with Crippen LogP contribution in [-0.2, 0) is 12.3 Å². The molecule has 0 aliphatic carbocycles. The van der Waals surface area contributed by atoms with Gasteiger partial charge in [0.25, 0.3) is 5.91 Å². The Bertz CT molecular complexity index is 1180. The monoisotopic (exact) mass is 430 g/mol. The van der Waals surface area contributed by atoms with E-state index in [-0.39, 0.29) is 11.9 Å². The number of pyridine rings is 1. The summed E-state index contributed by atoms with van der Waals surface area (Å²) < 4.78 is 2.20. The van der Waals surface area contributed by atoms with Crippen molar-refractivity contribution in [1.82, 2.24) is 19.9 Å². The molecule has 2 aromatic carbocycles. The van der Waals surface area contributed by atoms with E-state index in [1.165, 1.54) is 11.1 Å². The van der Waals surface area contributed by atoms with E-state index in [0.29, 0.717) is 12.1 Å². The molecule has 5 nitrogen and oxygen atoms in total. The van der Waals surface area contributed by atoms with Gasteiger partial charge in [-0.05, 0) is 50.1 Å². The van der Waals surface area contributed by atoms with E-state index >= 15 is 0 Å². The van der Waals surface area contributed by atoms with Crippen molar-refractivity contribution in [2.24, 2.45) is 0 Å². The number of carbonyl (C=O) groups is 1. The number of nitrogens with one attached hydrogen (secondary N) is 1. The smallest absolute Gasteiger partial charge is 0.251 e. The summed E-state index contributed by atoms with van der Waals surface area (Å²) in [6, 6.07) is 18.4. The maximum absolute atomic E-state index is 12.2. The van der Waals surface area contributed by atoms with Crippen LogP contribution in [0, 0.1) is 6.92 Å². The molecule has 6 heteroatoms. The zero-order valence-electron chi connectivity index (χ0n) is 18.0. The summed E-state index contributed by atoms with van der Waals surface area (Å²) >= 11 is 1.73. The number of hydrogen-bond donors (Lipinski definition) is 1. The summed E-state index contributed by atoms with van der Waals surface area (Å²) in [5.41, 5.74) is 6.26. The minimum Gasteiger partial charge on any atom is -0.350 e. The predicted molar refractivity (Wildman–Crippen MR) is 126 cm³/mol. The van der Waals surface area contributed by atoms with Gasteiger partial charge >= 0.3 is 0 Å². The van der Waals surface area contributed by atoms with E-state index in [9.17, 15) is 4.79 Å². The number of fused-ring (bicyclic) bond motifs is 1. The van der Waals surface area contributed by atoms with Crippen molar-refractivity contribution in [1.29, 1.82) is 0 Å². The Balaban J connectivity index is 1.57. The second-order valence-electron chi connectivity index (χ2n) is 7.94. The quantitative estimate of drug-likeness (QED) is 0.409. The first kappa shape index (κ1) is 21.1. The molecule has 2 aromatic heterocycles. The first-order valence-corrected chi connectivity index (χ1v) is 11.4. The number of nitrogens with zero attached hydrogens (tertiary/aromatic N) is 3. The van der Waals surface area contributed by atoms with Gasteiger partial charge in [0, 0.05) is 23.6 Å². The first-order valence-electron chi connectivity index (χ1n) is 10.4. The van der Waals surface area contributed by atoms with Crippen LogP contribution in [-0.4, -0.2) is 26.5 Å². The van der Waals surface area contributed by atoms with Gasteiger partial charge in [0.1, 0.15) is 0 Å². The zero-order valence-corrected chi connectivity index (χ0v) is 18.8. The number of benzene rings is 2. The number of carbonyl (C=O) groups excluding carboxylic acids is 1. The Kier molecular flexibility index (Phi) is 6.37. The Morgan fingerprint density at radius 2 is 1.74 bits per heavy atom. The molecule has 0 aliphatic rings. The van der Waals surface area contributed by atoms with Crippen molar-refractivity contribution in [3.63, 3.8) is 0 Å². The number of imidazole rings is 1. The van der Waals surface area contributed by atoms with Crippen LogP contribution >= 0.6 is 11.8 Å². The Hall–Kier alpha value is -3.12. The molecule has 4 rings (SSSR count). The molecule has 0 radical (unpaired) electrons. The van der Waals surface area contributed by atoms with Crippen molar-refractivity contribution in [2.45, 2.75) is 44.3 Å². The summed E-state index contributed by atoms with van der Waals surface area (Å²) in [4.78, 5) is 21.4. The van der Waals surface area contributed by atoms with Crippen LogP contribution in [0.25, 0.3) is 11.0 Å². The average Bonchev–Trinajstić information content (AvgIpc) is 3.11. The number of amides is 1. The molecular weight excluding hydrogens is 404 g/mol. The molecular formula is C25H26N4OS. The molecule has 0 bridgehead atoms. The van der Waals surface area contributed by atoms with E-state index in [2.05, 4.69) is 46.1 Å². The molecule has 0 aliphatic heterocycles. The summed E-state index contributed by atoms with van der Waals surface area (Å²) in [7, 11) is 0. The summed E-state index contributed by atoms with van der Waals surface area (Å²) in [6.45, 7) is 6.69. The Labute approximate surface area is 186 Å². The van der Waals surface area contributed by atoms with Gasteiger partial charge in [0.2, 0.25) is 0 Å². The van der Waals surface area contributed by atoms with Crippen LogP contribution in [0.3, 0.4) is 0 Å². The van der Waals surface area contributed by atoms with E-state index in [1.807, 2.05) is 50.4 Å². The molecule has 31 heavy (non-hydrogen) atoms. The highest BCUT2D eigenvalue weighted by atomic mass is 32.2. The van der Waals surface area contributed by atoms with Crippen molar-refractivity contribution >= 4 is 28.7 Å². The van der Waals surface area contributed by atoms with Crippen molar-refractivity contribution in [3.05, 3.63) is 89.2 Å². The molecule has 0 spiro atoms. The van der Waals surface area contributed by atoms with Crippen LogP contribution in [0.5, 0.6) is 0 Å². The lowest BCUT2D eigenvalue weighted by molar-refractivity contribution is 0.0943. The predicted octanol–water partition coefficient (Wildman–Crippen LogP) is 5.22. The third-order valence-electron chi connectivity index (χ3n) is 4.98. The molecule has 1 amide bonds. The van der Waals surface area contributed by atoms with E-state index < -0.39 is 0 Å².